The van der Waals surface area contributed by atoms with E-state index in [2.05, 4.69) is 10.2 Å². The standard InChI is InChI=1S/C13H24N2O3/c1-3-14-12(16)18-9-11-5-7-13(10-17-2)6-4-8-15(11)13/h11H,3-10H2,1-2H3,(H,14,16)/t11-,13-/m0/s1. The van der Waals surface area contributed by atoms with Crippen LogP contribution in [-0.4, -0.2) is 56.0 Å². The van der Waals surface area contributed by atoms with Gasteiger partial charge in [0.1, 0.15) is 6.61 Å². The maximum atomic E-state index is 11.3. The Labute approximate surface area is 109 Å². The molecule has 18 heavy (non-hydrogen) atoms. The third kappa shape index (κ3) is 2.62. The van der Waals surface area contributed by atoms with Gasteiger partial charge in [-0.1, -0.05) is 0 Å². The average molecular weight is 256 g/mol. The number of nitrogens with zero attached hydrogens (tertiary/aromatic N) is 1. The van der Waals surface area contributed by atoms with Gasteiger partial charge in [-0.05, 0) is 39.2 Å². The SMILES string of the molecule is CCNC(=O)OC[C@@H]1CC[C@]2(COC)CCCN12. The zero-order valence-corrected chi connectivity index (χ0v) is 11.4. The molecule has 104 valence electrons. The number of nitrogens with one attached hydrogen (secondary N) is 1. The predicted molar refractivity (Wildman–Crippen MR) is 68.6 cm³/mol. The number of amides is 1. The number of ether oxygens (including phenoxy) is 2. The van der Waals surface area contributed by atoms with E-state index in [9.17, 15) is 4.79 Å². The van der Waals surface area contributed by atoms with Crippen LogP contribution < -0.4 is 5.32 Å². The summed E-state index contributed by atoms with van der Waals surface area (Å²) in [6, 6.07) is 0.366. The molecular formula is C13H24N2O3. The lowest BCUT2D eigenvalue weighted by Crippen LogP contribution is -2.47. The Kier molecular flexibility index (Phi) is 4.45. The number of carbonyl (C=O) groups is 1. The van der Waals surface area contributed by atoms with Crippen molar-refractivity contribution in [3.8, 4) is 0 Å². The van der Waals surface area contributed by atoms with Crippen LogP contribution in [0.2, 0.25) is 0 Å². The highest BCUT2D eigenvalue weighted by molar-refractivity contribution is 5.66. The summed E-state index contributed by atoms with van der Waals surface area (Å²) in [6.07, 6.45) is 4.38. The highest BCUT2D eigenvalue weighted by Gasteiger charge is 2.49. The average Bonchev–Trinajstić information content (AvgIpc) is 2.86. The Morgan fingerprint density at radius 3 is 3.06 bits per heavy atom. The van der Waals surface area contributed by atoms with Gasteiger partial charge in [0, 0.05) is 25.2 Å². The third-order valence-corrected chi connectivity index (χ3v) is 4.18. The van der Waals surface area contributed by atoms with Crippen molar-refractivity contribution in [2.24, 2.45) is 0 Å². The first-order valence-electron chi connectivity index (χ1n) is 6.88. The minimum atomic E-state index is -0.305. The van der Waals surface area contributed by atoms with Gasteiger partial charge in [0.2, 0.25) is 0 Å². The molecule has 0 unspecified atom stereocenters. The molecule has 0 aromatic heterocycles. The second-order valence-corrected chi connectivity index (χ2v) is 5.28. The van der Waals surface area contributed by atoms with E-state index in [0.29, 0.717) is 19.2 Å². The van der Waals surface area contributed by atoms with E-state index in [1.54, 1.807) is 7.11 Å². The van der Waals surface area contributed by atoms with Crippen LogP contribution in [0.5, 0.6) is 0 Å². The van der Waals surface area contributed by atoms with E-state index in [4.69, 9.17) is 9.47 Å². The van der Waals surface area contributed by atoms with Gasteiger partial charge in [-0.3, -0.25) is 4.90 Å². The molecule has 2 atom stereocenters. The first-order chi connectivity index (χ1) is 8.72. The summed E-state index contributed by atoms with van der Waals surface area (Å²) in [5.74, 6) is 0. The molecule has 2 rings (SSSR count). The van der Waals surface area contributed by atoms with Crippen molar-refractivity contribution in [2.75, 3.05) is 33.4 Å². The van der Waals surface area contributed by atoms with E-state index >= 15 is 0 Å². The smallest absolute Gasteiger partial charge is 0.407 e. The van der Waals surface area contributed by atoms with Crippen molar-refractivity contribution in [3.63, 3.8) is 0 Å². The minimum absolute atomic E-state index is 0.212. The first kappa shape index (κ1) is 13.6. The lowest BCUT2D eigenvalue weighted by molar-refractivity contribution is 0.0329. The molecule has 0 radical (unpaired) electrons. The summed E-state index contributed by atoms with van der Waals surface area (Å²) < 4.78 is 10.6. The molecule has 0 aromatic carbocycles. The number of methoxy groups -OCH3 is 1. The number of hydrogen-bond acceptors (Lipinski definition) is 4. The highest BCUT2D eigenvalue weighted by Crippen LogP contribution is 2.42. The second kappa shape index (κ2) is 5.89. The predicted octanol–water partition coefficient (Wildman–Crippen LogP) is 1.38. The third-order valence-electron chi connectivity index (χ3n) is 4.18. The van der Waals surface area contributed by atoms with Gasteiger partial charge >= 0.3 is 6.09 Å². The lowest BCUT2D eigenvalue weighted by Gasteiger charge is -2.34. The van der Waals surface area contributed by atoms with Crippen molar-refractivity contribution in [2.45, 2.75) is 44.2 Å². The largest absolute Gasteiger partial charge is 0.448 e. The molecule has 0 aromatic rings. The molecule has 5 heteroatoms. The van der Waals surface area contributed by atoms with Crippen LogP contribution in [-0.2, 0) is 9.47 Å². The van der Waals surface area contributed by atoms with Gasteiger partial charge in [-0.15, -0.1) is 0 Å². The lowest BCUT2D eigenvalue weighted by atomic mass is 9.95. The fourth-order valence-corrected chi connectivity index (χ4v) is 3.43. The van der Waals surface area contributed by atoms with Gasteiger partial charge < -0.3 is 14.8 Å². The Morgan fingerprint density at radius 2 is 2.33 bits per heavy atom. The van der Waals surface area contributed by atoms with Crippen molar-refractivity contribution >= 4 is 6.09 Å². The van der Waals surface area contributed by atoms with E-state index in [1.807, 2.05) is 6.92 Å². The molecule has 0 spiro atoms. The molecule has 0 bridgehead atoms. The molecule has 2 aliphatic heterocycles. The number of alkyl carbamates (subject to hydrolysis) is 1. The van der Waals surface area contributed by atoms with Crippen LogP contribution in [0.4, 0.5) is 4.79 Å². The summed E-state index contributed by atoms with van der Waals surface area (Å²) in [5.41, 5.74) is 0.212. The molecule has 1 N–H and O–H groups in total. The van der Waals surface area contributed by atoms with Crippen molar-refractivity contribution in [1.82, 2.24) is 10.2 Å². The summed E-state index contributed by atoms with van der Waals surface area (Å²) in [6.45, 7) is 4.90. The van der Waals surface area contributed by atoms with Crippen LogP contribution in [0, 0.1) is 0 Å². The van der Waals surface area contributed by atoms with Crippen LogP contribution in [0.15, 0.2) is 0 Å². The Bertz CT molecular complexity index is 298. The Balaban J connectivity index is 1.86. The molecule has 2 saturated heterocycles. The van der Waals surface area contributed by atoms with E-state index < -0.39 is 0 Å². The Morgan fingerprint density at radius 1 is 1.50 bits per heavy atom. The van der Waals surface area contributed by atoms with Crippen molar-refractivity contribution in [3.05, 3.63) is 0 Å². The van der Waals surface area contributed by atoms with E-state index in [1.165, 1.54) is 12.8 Å². The van der Waals surface area contributed by atoms with Crippen molar-refractivity contribution in [1.29, 1.82) is 0 Å². The van der Waals surface area contributed by atoms with Gasteiger partial charge in [0.15, 0.2) is 0 Å². The fourth-order valence-electron chi connectivity index (χ4n) is 3.43. The van der Waals surface area contributed by atoms with Gasteiger partial charge in [0.05, 0.1) is 6.61 Å². The highest BCUT2D eigenvalue weighted by atomic mass is 16.5. The number of rotatable bonds is 5. The van der Waals surface area contributed by atoms with Crippen LogP contribution in [0.1, 0.15) is 32.6 Å². The fraction of sp³-hybridized carbons (Fsp3) is 0.923. The Hall–Kier alpha value is -0.810. The number of hydrogen-bond donors (Lipinski definition) is 1. The molecular weight excluding hydrogens is 232 g/mol. The summed E-state index contributed by atoms with van der Waals surface area (Å²) in [7, 11) is 1.77. The molecule has 2 heterocycles. The topological polar surface area (TPSA) is 50.8 Å². The normalized spacial score (nSPS) is 31.3. The van der Waals surface area contributed by atoms with Gasteiger partial charge in [-0.2, -0.15) is 0 Å². The number of fused-ring (bicyclic) bond motifs is 1. The molecule has 2 aliphatic rings. The number of carbonyl (C=O) groups excluding carboxylic acids is 1. The molecule has 2 fully saturated rings. The van der Waals surface area contributed by atoms with Crippen molar-refractivity contribution < 1.29 is 14.3 Å². The van der Waals surface area contributed by atoms with E-state index in [0.717, 1.165) is 26.0 Å². The summed E-state index contributed by atoms with van der Waals surface area (Å²) >= 11 is 0. The quantitative estimate of drug-likeness (QED) is 0.807. The first-order valence-corrected chi connectivity index (χ1v) is 6.88. The van der Waals surface area contributed by atoms with Crippen LogP contribution in [0.3, 0.4) is 0 Å². The zero-order valence-electron chi connectivity index (χ0n) is 11.4. The zero-order chi connectivity index (χ0) is 13.0. The van der Waals surface area contributed by atoms with E-state index in [-0.39, 0.29) is 11.6 Å². The second-order valence-electron chi connectivity index (χ2n) is 5.28. The van der Waals surface area contributed by atoms with Gasteiger partial charge in [0.25, 0.3) is 0 Å². The molecule has 1 amide bonds. The summed E-state index contributed by atoms with van der Waals surface area (Å²) in [4.78, 5) is 13.8. The van der Waals surface area contributed by atoms with Crippen LogP contribution >= 0.6 is 0 Å². The maximum Gasteiger partial charge on any atom is 0.407 e. The molecule has 5 nitrogen and oxygen atoms in total. The molecule has 0 aliphatic carbocycles. The monoisotopic (exact) mass is 256 g/mol. The maximum absolute atomic E-state index is 11.3. The van der Waals surface area contributed by atoms with Crippen LogP contribution in [0.25, 0.3) is 0 Å². The summed E-state index contributed by atoms with van der Waals surface area (Å²) in [5, 5.41) is 2.66. The minimum Gasteiger partial charge on any atom is -0.448 e. The molecule has 0 saturated carbocycles. The van der Waals surface area contributed by atoms with Gasteiger partial charge in [-0.25, -0.2) is 4.79 Å².